The van der Waals surface area contributed by atoms with Crippen LogP contribution in [0.4, 0.5) is 0 Å². The van der Waals surface area contributed by atoms with Crippen molar-refractivity contribution in [3.05, 3.63) is 141 Å². The van der Waals surface area contributed by atoms with Gasteiger partial charge in [0.05, 0.1) is 22.1 Å². The first-order chi connectivity index (χ1) is 37.6. The molecule has 0 unspecified atom stereocenters. The summed E-state index contributed by atoms with van der Waals surface area (Å²) >= 11 is 7.93. The number of benzene rings is 6. The van der Waals surface area contributed by atoms with Gasteiger partial charge in [0.2, 0.25) is 0 Å². The highest BCUT2D eigenvalue weighted by Gasteiger charge is 2.18. The summed E-state index contributed by atoms with van der Waals surface area (Å²) in [5.74, 6) is 0. The first-order valence-electron chi connectivity index (χ1n) is 31.2. The number of fused-ring (bicyclic) bond motifs is 6. The smallest absolute Gasteiger partial charge is 0.0683 e. The van der Waals surface area contributed by atoms with Crippen LogP contribution in [0, 0.1) is 0 Å². The Morgan fingerprint density at radius 3 is 0.882 bits per heavy atom. The van der Waals surface area contributed by atoms with Gasteiger partial charge in [0.15, 0.2) is 0 Å². The lowest BCUT2D eigenvalue weighted by Crippen LogP contribution is -1.96. The van der Waals surface area contributed by atoms with Gasteiger partial charge >= 0.3 is 0 Å². The van der Waals surface area contributed by atoms with Crippen molar-refractivity contribution >= 4 is 75.5 Å². The van der Waals surface area contributed by atoms with Crippen molar-refractivity contribution in [2.75, 3.05) is 0 Å². The van der Waals surface area contributed by atoms with E-state index in [0.717, 1.165) is 21.8 Å². The third-order valence-corrected chi connectivity index (χ3v) is 18.1. The maximum Gasteiger partial charge on any atom is 0.0683 e. The van der Waals surface area contributed by atoms with E-state index < -0.39 is 0 Å². The van der Waals surface area contributed by atoms with E-state index >= 15 is 0 Å². The molecule has 2 aromatic heterocycles. The van der Waals surface area contributed by atoms with Gasteiger partial charge in [-0.25, -0.2) is 0 Å². The van der Waals surface area contributed by atoms with Crippen LogP contribution in [-0.4, -0.2) is 9.13 Å². The number of rotatable bonds is 37. The number of hydrogen-bond donors (Lipinski definition) is 0. The second-order valence-electron chi connectivity index (χ2n) is 22.8. The normalized spacial score (nSPS) is 11.9. The van der Waals surface area contributed by atoms with Crippen LogP contribution in [0.5, 0.6) is 0 Å². The van der Waals surface area contributed by atoms with Crippen molar-refractivity contribution in [2.24, 2.45) is 0 Å². The fraction of sp³-hybridized carbons (Fsp3) is 0.500. The molecule has 0 bridgehead atoms. The average Bonchev–Trinajstić information content (AvgIpc) is 3.99. The molecule has 0 fully saturated rings. The van der Waals surface area contributed by atoms with Crippen LogP contribution in [-0.2, 0) is 12.8 Å². The number of halogens is 2. The van der Waals surface area contributed by atoms with E-state index in [2.05, 4.69) is 176 Å². The van der Waals surface area contributed by atoms with E-state index in [1.165, 1.54) is 283 Å². The predicted molar refractivity (Wildman–Crippen MR) is 342 cm³/mol. The van der Waals surface area contributed by atoms with Gasteiger partial charge in [-0.05, 0) is 140 Å². The van der Waals surface area contributed by atoms with E-state index in [9.17, 15) is 0 Å². The third-order valence-electron chi connectivity index (χ3n) is 16.8. The second-order valence-corrected chi connectivity index (χ2v) is 24.6. The van der Waals surface area contributed by atoms with Gasteiger partial charge in [-0.1, -0.05) is 267 Å². The Kier molecular flexibility index (Phi) is 24.5. The molecule has 406 valence electrons. The molecule has 0 atom stereocenters. The number of hydrogen-bond acceptors (Lipinski definition) is 0. The molecule has 0 aliphatic rings. The van der Waals surface area contributed by atoms with E-state index in [1.54, 1.807) is 0 Å². The standard InChI is InChI=1S/C72H94Br2N2/c1-3-5-7-9-11-13-15-17-19-21-23-25-27-29-31-33-37-57-43-53-69-65(55-57)63-39-35-41-67(73)71(63)75(69)61-49-45-59(46-50-61)60-47-51-62(52-48-60)76-70-54-44-58(56-66(70)64-40-36-42-68(74)72(64)76)38-34-32-30-28-26-24-22-20-18-16-14-12-10-8-6-4-2/h35-36,39-56H,3-34,37-38H2,1-2H3. The summed E-state index contributed by atoms with van der Waals surface area (Å²) in [7, 11) is 0. The lowest BCUT2D eigenvalue weighted by molar-refractivity contribution is 0.529. The number of aryl methyl sites for hydroxylation is 2. The number of aromatic nitrogens is 2. The molecule has 0 N–H and O–H groups in total. The summed E-state index contributed by atoms with van der Waals surface area (Å²) in [6.07, 6.45) is 47.3. The highest BCUT2D eigenvalue weighted by atomic mass is 79.9. The average molecular weight is 1150 g/mol. The Morgan fingerprint density at radius 2 is 0.579 bits per heavy atom. The molecule has 0 radical (unpaired) electrons. The Balaban J connectivity index is 0.828. The first-order valence-corrected chi connectivity index (χ1v) is 32.8. The molecular formula is C72H94Br2N2. The van der Waals surface area contributed by atoms with Gasteiger partial charge in [-0.3, -0.25) is 0 Å². The van der Waals surface area contributed by atoms with Gasteiger partial charge in [-0.2, -0.15) is 0 Å². The minimum absolute atomic E-state index is 1.13. The van der Waals surface area contributed by atoms with Crippen molar-refractivity contribution < 1.29 is 0 Å². The van der Waals surface area contributed by atoms with E-state index in [1.807, 2.05) is 0 Å². The monoisotopic (exact) mass is 1140 g/mol. The van der Waals surface area contributed by atoms with Crippen LogP contribution < -0.4 is 0 Å². The highest BCUT2D eigenvalue weighted by Crippen LogP contribution is 2.39. The molecule has 0 aliphatic carbocycles. The van der Waals surface area contributed by atoms with Crippen molar-refractivity contribution in [1.82, 2.24) is 9.13 Å². The third kappa shape index (κ3) is 16.5. The molecule has 4 heteroatoms. The molecule has 8 aromatic rings. The lowest BCUT2D eigenvalue weighted by atomic mass is 10.0. The largest absolute Gasteiger partial charge is 0.308 e. The molecule has 0 spiro atoms. The molecule has 2 heterocycles. The van der Waals surface area contributed by atoms with Crippen molar-refractivity contribution in [3.63, 3.8) is 0 Å². The SMILES string of the molecule is CCCCCCCCCCCCCCCCCCc1ccc2c(c1)c1cccc(Br)c1n2-c1ccc(-c2ccc(-n3c4ccc(CCCCCCCCCCCCCCCCCC)cc4c4cccc(Br)c43)cc2)cc1. The van der Waals surface area contributed by atoms with Crippen LogP contribution in [0.15, 0.2) is 130 Å². The molecule has 6 aromatic carbocycles. The summed E-state index contributed by atoms with van der Waals surface area (Å²) in [5.41, 5.74) is 12.7. The van der Waals surface area contributed by atoms with Crippen molar-refractivity contribution in [3.8, 4) is 22.5 Å². The van der Waals surface area contributed by atoms with E-state index in [-0.39, 0.29) is 0 Å². The summed E-state index contributed by atoms with van der Waals surface area (Å²) in [4.78, 5) is 0. The van der Waals surface area contributed by atoms with Crippen LogP contribution in [0.1, 0.15) is 230 Å². The quantitative estimate of drug-likeness (QED) is 0.0344. The van der Waals surface area contributed by atoms with Crippen molar-refractivity contribution in [2.45, 2.75) is 232 Å². The Bertz CT molecular complexity index is 2730. The maximum atomic E-state index is 3.97. The molecule has 0 amide bonds. The molecule has 0 saturated carbocycles. The number of nitrogens with zero attached hydrogens (tertiary/aromatic N) is 2. The van der Waals surface area contributed by atoms with Gasteiger partial charge < -0.3 is 9.13 Å². The van der Waals surface area contributed by atoms with Crippen LogP contribution in [0.25, 0.3) is 66.1 Å². The Labute approximate surface area is 477 Å². The summed E-state index contributed by atoms with van der Waals surface area (Å²) in [5, 5.41) is 5.30. The van der Waals surface area contributed by atoms with Gasteiger partial charge in [0.25, 0.3) is 0 Å². The number of unbranched alkanes of at least 4 members (excludes halogenated alkanes) is 30. The first kappa shape index (κ1) is 58.0. The molecule has 0 aliphatic heterocycles. The fourth-order valence-corrected chi connectivity index (χ4v) is 13.4. The maximum absolute atomic E-state index is 3.97. The topological polar surface area (TPSA) is 9.86 Å². The van der Waals surface area contributed by atoms with Gasteiger partial charge in [0.1, 0.15) is 0 Å². The minimum atomic E-state index is 1.13. The number of para-hydroxylation sites is 2. The minimum Gasteiger partial charge on any atom is -0.308 e. The van der Waals surface area contributed by atoms with E-state index in [4.69, 9.17) is 0 Å². The Hall–Kier alpha value is -4.12. The summed E-state index contributed by atoms with van der Waals surface area (Å²) < 4.78 is 7.16. The highest BCUT2D eigenvalue weighted by molar-refractivity contribution is 9.11. The fourth-order valence-electron chi connectivity index (χ4n) is 12.4. The zero-order chi connectivity index (χ0) is 52.6. The van der Waals surface area contributed by atoms with Crippen LogP contribution in [0.3, 0.4) is 0 Å². The van der Waals surface area contributed by atoms with Gasteiger partial charge in [-0.15, -0.1) is 0 Å². The predicted octanol–water partition coefficient (Wildman–Crippen LogP) is 24.7. The summed E-state index contributed by atoms with van der Waals surface area (Å²) in [6.45, 7) is 4.61. The zero-order valence-corrected chi connectivity index (χ0v) is 50.4. The van der Waals surface area contributed by atoms with E-state index in [0.29, 0.717) is 0 Å². The molecular weight excluding hydrogens is 1050 g/mol. The summed E-state index contributed by atoms with van der Waals surface area (Å²) in [6, 6.07) is 46.1. The van der Waals surface area contributed by atoms with Crippen molar-refractivity contribution in [1.29, 1.82) is 0 Å². The second kappa shape index (κ2) is 32.1. The van der Waals surface area contributed by atoms with Crippen LogP contribution >= 0.6 is 31.9 Å². The molecule has 76 heavy (non-hydrogen) atoms. The molecule has 0 saturated heterocycles. The lowest BCUT2D eigenvalue weighted by Gasteiger charge is -2.12. The molecule has 8 rings (SSSR count). The molecule has 2 nitrogen and oxygen atoms in total. The van der Waals surface area contributed by atoms with Gasteiger partial charge in [0, 0.05) is 41.9 Å². The van der Waals surface area contributed by atoms with Crippen LogP contribution in [0.2, 0.25) is 0 Å². The zero-order valence-electron chi connectivity index (χ0n) is 47.2. The Morgan fingerprint density at radius 1 is 0.289 bits per heavy atom.